The molecule has 4 aromatic carbocycles. The molecule has 0 amide bonds. The Bertz CT molecular complexity index is 982. The zero-order chi connectivity index (χ0) is 22.9. The van der Waals surface area contributed by atoms with Crippen LogP contribution in [0.3, 0.4) is 0 Å². The van der Waals surface area contributed by atoms with Crippen molar-refractivity contribution in [2.75, 3.05) is 0 Å². The van der Waals surface area contributed by atoms with E-state index in [0.29, 0.717) is 5.92 Å². The molecule has 0 radical (unpaired) electrons. The van der Waals surface area contributed by atoms with Crippen molar-refractivity contribution in [1.82, 2.24) is 0 Å². The summed E-state index contributed by atoms with van der Waals surface area (Å²) in [4.78, 5) is 0. The molecule has 0 heterocycles. The van der Waals surface area contributed by atoms with Crippen LogP contribution in [-0.2, 0) is 6.42 Å². The average molecular weight is 423 g/mol. The van der Waals surface area contributed by atoms with Crippen molar-refractivity contribution in [1.29, 1.82) is 0 Å². The molecule has 1 atom stereocenters. The number of rotatable bonds is 6. The Hall–Kier alpha value is -3.32. The van der Waals surface area contributed by atoms with Gasteiger partial charge < -0.3 is 4.74 Å². The average Bonchev–Trinajstić information content (AvgIpc) is 2.84. The second-order valence-corrected chi connectivity index (χ2v) is 8.11. The lowest BCUT2D eigenvalue weighted by atomic mass is 9.92. The SMILES string of the molecule is CC.Cc1ccc(Cc2ccc(C(C)c3ccc(Oc4ccc(C)cc4)cc3)cc2)cc1. The third kappa shape index (κ3) is 6.34. The highest BCUT2D eigenvalue weighted by molar-refractivity contribution is 5.39. The molecule has 0 saturated heterocycles. The molecule has 0 saturated carbocycles. The molecular weight excluding hydrogens is 388 g/mol. The summed E-state index contributed by atoms with van der Waals surface area (Å²) >= 11 is 0. The fourth-order valence-electron chi connectivity index (χ4n) is 3.63. The van der Waals surface area contributed by atoms with Gasteiger partial charge in [0.25, 0.3) is 0 Å². The van der Waals surface area contributed by atoms with Crippen LogP contribution in [0, 0.1) is 13.8 Å². The summed E-state index contributed by atoms with van der Waals surface area (Å²) in [6.07, 6.45) is 0.972. The van der Waals surface area contributed by atoms with Gasteiger partial charge >= 0.3 is 0 Å². The van der Waals surface area contributed by atoms with Gasteiger partial charge in [-0.05, 0) is 66.8 Å². The molecule has 0 aliphatic heterocycles. The zero-order valence-electron chi connectivity index (χ0n) is 19.9. The van der Waals surface area contributed by atoms with E-state index in [1.165, 1.54) is 33.4 Å². The van der Waals surface area contributed by atoms with Gasteiger partial charge in [0.05, 0.1) is 0 Å². The van der Waals surface area contributed by atoms with Crippen molar-refractivity contribution in [3.63, 3.8) is 0 Å². The maximum atomic E-state index is 5.95. The summed E-state index contributed by atoms with van der Waals surface area (Å²) in [5, 5.41) is 0. The topological polar surface area (TPSA) is 9.23 Å². The lowest BCUT2D eigenvalue weighted by molar-refractivity contribution is 0.482. The largest absolute Gasteiger partial charge is 0.457 e. The van der Waals surface area contributed by atoms with Crippen molar-refractivity contribution in [3.05, 3.63) is 130 Å². The first kappa shape index (κ1) is 23.3. The fourth-order valence-corrected chi connectivity index (χ4v) is 3.63. The van der Waals surface area contributed by atoms with Crippen LogP contribution in [0.4, 0.5) is 0 Å². The highest BCUT2D eigenvalue weighted by Crippen LogP contribution is 2.28. The van der Waals surface area contributed by atoms with Crippen molar-refractivity contribution in [2.24, 2.45) is 0 Å². The van der Waals surface area contributed by atoms with E-state index in [-0.39, 0.29) is 0 Å². The molecule has 164 valence electrons. The number of benzene rings is 4. The van der Waals surface area contributed by atoms with Crippen LogP contribution in [0.15, 0.2) is 97.1 Å². The Balaban J connectivity index is 0.00000141. The van der Waals surface area contributed by atoms with Gasteiger partial charge in [0.15, 0.2) is 0 Å². The minimum absolute atomic E-state index is 0.340. The molecule has 0 N–H and O–H groups in total. The predicted octanol–water partition coefficient (Wildman–Crippen LogP) is 8.86. The monoisotopic (exact) mass is 422 g/mol. The van der Waals surface area contributed by atoms with E-state index >= 15 is 0 Å². The first-order valence-corrected chi connectivity index (χ1v) is 11.6. The third-order valence-corrected chi connectivity index (χ3v) is 5.65. The van der Waals surface area contributed by atoms with Crippen LogP contribution < -0.4 is 4.74 Å². The van der Waals surface area contributed by atoms with E-state index in [9.17, 15) is 0 Å². The van der Waals surface area contributed by atoms with Crippen molar-refractivity contribution >= 4 is 0 Å². The van der Waals surface area contributed by atoms with Crippen molar-refractivity contribution in [2.45, 2.75) is 47.0 Å². The van der Waals surface area contributed by atoms with E-state index in [2.05, 4.69) is 106 Å². The molecule has 0 aromatic heterocycles. The first-order chi connectivity index (χ1) is 15.6. The molecule has 4 rings (SSSR count). The molecule has 0 bridgehead atoms. The molecule has 0 aliphatic rings. The molecule has 4 aromatic rings. The lowest BCUT2D eigenvalue weighted by Crippen LogP contribution is -1.97. The van der Waals surface area contributed by atoms with E-state index < -0.39 is 0 Å². The highest BCUT2D eigenvalue weighted by Gasteiger charge is 2.09. The van der Waals surface area contributed by atoms with Crippen LogP contribution in [-0.4, -0.2) is 0 Å². The Morgan fingerprint density at radius 1 is 0.531 bits per heavy atom. The second-order valence-electron chi connectivity index (χ2n) is 8.11. The molecular formula is C31H34O. The fraction of sp³-hybridized carbons (Fsp3) is 0.226. The van der Waals surface area contributed by atoms with Gasteiger partial charge in [0.2, 0.25) is 0 Å². The van der Waals surface area contributed by atoms with Crippen LogP contribution in [0.1, 0.15) is 60.1 Å². The Morgan fingerprint density at radius 3 is 1.34 bits per heavy atom. The van der Waals surface area contributed by atoms with Gasteiger partial charge in [0.1, 0.15) is 11.5 Å². The van der Waals surface area contributed by atoms with Gasteiger partial charge in [0, 0.05) is 5.92 Å². The minimum Gasteiger partial charge on any atom is -0.457 e. The maximum Gasteiger partial charge on any atom is 0.127 e. The first-order valence-electron chi connectivity index (χ1n) is 11.6. The Labute approximate surface area is 193 Å². The van der Waals surface area contributed by atoms with Crippen LogP contribution in [0.2, 0.25) is 0 Å². The van der Waals surface area contributed by atoms with Gasteiger partial charge in [-0.3, -0.25) is 0 Å². The number of aryl methyl sites for hydroxylation is 2. The number of hydrogen-bond donors (Lipinski definition) is 0. The predicted molar refractivity (Wildman–Crippen MR) is 137 cm³/mol. The number of ether oxygens (including phenoxy) is 1. The quantitative estimate of drug-likeness (QED) is 0.301. The second kappa shape index (κ2) is 11.3. The molecule has 1 heteroatoms. The van der Waals surface area contributed by atoms with Crippen LogP contribution in [0.25, 0.3) is 0 Å². The summed E-state index contributed by atoms with van der Waals surface area (Å²) in [6.45, 7) is 10.5. The summed E-state index contributed by atoms with van der Waals surface area (Å²) in [5.41, 5.74) is 7.85. The van der Waals surface area contributed by atoms with Crippen LogP contribution >= 0.6 is 0 Å². The summed E-state index contributed by atoms with van der Waals surface area (Å²) in [7, 11) is 0. The Kier molecular flexibility index (Phi) is 8.27. The van der Waals surface area contributed by atoms with Crippen molar-refractivity contribution in [3.8, 4) is 11.5 Å². The summed E-state index contributed by atoms with van der Waals surface area (Å²) in [5.74, 6) is 2.07. The Morgan fingerprint density at radius 2 is 0.875 bits per heavy atom. The summed E-state index contributed by atoms with van der Waals surface area (Å²) < 4.78 is 5.95. The van der Waals surface area contributed by atoms with E-state index in [0.717, 1.165) is 17.9 Å². The van der Waals surface area contributed by atoms with E-state index in [4.69, 9.17) is 4.74 Å². The molecule has 0 aliphatic carbocycles. The highest BCUT2D eigenvalue weighted by atomic mass is 16.5. The molecule has 0 spiro atoms. The van der Waals surface area contributed by atoms with Crippen LogP contribution in [0.5, 0.6) is 11.5 Å². The normalized spacial score (nSPS) is 11.3. The smallest absolute Gasteiger partial charge is 0.127 e. The third-order valence-electron chi connectivity index (χ3n) is 5.65. The lowest BCUT2D eigenvalue weighted by Gasteiger charge is -2.14. The molecule has 1 unspecified atom stereocenters. The van der Waals surface area contributed by atoms with Gasteiger partial charge in [-0.2, -0.15) is 0 Å². The van der Waals surface area contributed by atoms with E-state index in [1.54, 1.807) is 0 Å². The maximum absolute atomic E-state index is 5.95. The molecule has 32 heavy (non-hydrogen) atoms. The summed E-state index contributed by atoms with van der Waals surface area (Å²) in [6, 6.07) is 34.4. The van der Waals surface area contributed by atoms with Crippen molar-refractivity contribution < 1.29 is 4.74 Å². The van der Waals surface area contributed by atoms with Gasteiger partial charge in [-0.1, -0.05) is 105 Å². The van der Waals surface area contributed by atoms with Gasteiger partial charge in [-0.25, -0.2) is 0 Å². The number of hydrogen-bond acceptors (Lipinski definition) is 1. The molecule has 0 fully saturated rings. The van der Waals surface area contributed by atoms with Gasteiger partial charge in [-0.15, -0.1) is 0 Å². The van der Waals surface area contributed by atoms with E-state index in [1.807, 2.05) is 26.0 Å². The zero-order valence-corrected chi connectivity index (χ0v) is 19.9. The minimum atomic E-state index is 0.340. The standard InChI is InChI=1S/C29H28O.C2H6/c1-21-4-8-24(9-5-21)20-25-10-12-26(13-11-25)23(3)27-14-18-29(19-15-27)30-28-16-6-22(2)7-17-28;1-2/h4-19,23H,20H2,1-3H3;1-2H3. The molecule has 1 nitrogen and oxygen atoms in total.